The molecule has 0 amide bonds. The van der Waals surface area contributed by atoms with Crippen molar-refractivity contribution in [3.8, 4) is 11.5 Å². The number of nitrogen functional groups attached to an aromatic ring is 1. The smallest absolute Gasteiger partial charge is 0.132 e. The van der Waals surface area contributed by atoms with Gasteiger partial charge in [0.15, 0.2) is 0 Å². The van der Waals surface area contributed by atoms with Gasteiger partial charge in [-0.2, -0.15) is 0 Å². The Bertz CT molecular complexity index is 622. The highest BCUT2D eigenvalue weighted by Crippen LogP contribution is 2.27. The number of hydrogen-bond donors (Lipinski definition) is 2. The number of nitrogens with two attached hydrogens (primary N) is 1. The van der Waals surface area contributed by atoms with Crippen LogP contribution in [0.3, 0.4) is 0 Å². The van der Waals surface area contributed by atoms with E-state index in [0.717, 1.165) is 5.56 Å². The highest BCUT2D eigenvalue weighted by Gasteiger charge is 2.14. The zero-order valence-corrected chi connectivity index (χ0v) is 11.3. The molecule has 5 heteroatoms. The van der Waals surface area contributed by atoms with E-state index in [2.05, 4.69) is 5.16 Å². The molecule has 104 valence electrons. The first-order valence-corrected chi connectivity index (χ1v) is 6.00. The summed E-state index contributed by atoms with van der Waals surface area (Å²) in [5.41, 5.74) is 8.12. The molecule has 0 aromatic heterocycles. The number of rotatable bonds is 4. The average molecular weight is 272 g/mol. The highest BCUT2D eigenvalue weighted by atomic mass is 16.5. The fraction of sp³-hybridized carbons (Fsp3) is 0.133. The van der Waals surface area contributed by atoms with Gasteiger partial charge in [0.25, 0.3) is 0 Å². The lowest BCUT2D eigenvalue weighted by Crippen LogP contribution is -2.06. The third-order valence-corrected chi connectivity index (χ3v) is 2.95. The largest absolute Gasteiger partial charge is 0.497 e. The molecule has 20 heavy (non-hydrogen) atoms. The lowest BCUT2D eigenvalue weighted by Gasteiger charge is -2.12. The predicted octanol–water partition coefficient (Wildman–Crippen LogP) is 2.51. The number of anilines is 1. The molecule has 0 spiro atoms. The minimum absolute atomic E-state index is 0.407. The molecule has 0 atom stereocenters. The summed E-state index contributed by atoms with van der Waals surface area (Å²) in [4.78, 5) is 0. The van der Waals surface area contributed by atoms with Crippen LogP contribution < -0.4 is 15.2 Å². The summed E-state index contributed by atoms with van der Waals surface area (Å²) >= 11 is 0. The van der Waals surface area contributed by atoms with E-state index >= 15 is 0 Å². The number of hydrogen-bond acceptors (Lipinski definition) is 5. The first-order valence-electron chi connectivity index (χ1n) is 6.00. The molecule has 0 saturated carbocycles. The molecule has 0 aliphatic rings. The molecule has 0 aliphatic heterocycles. The van der Waals surface area contributed by atoms with Crippen LogP contribution in [0.15, 0.2) is 47.6 Å². The van der Waals surface area contributed by atoms with Crippen molar-refractivity contribution in [2.24, 2.45) is 5.16 Å². The maximum atomic E-state index is 9.32. The Kier molecular flexibility index (Phi) is 4.10. The normalized spacial score (nSPS) is 11.2. The van der Waals surface area contributed by atoms with Gasteiger partial charge in [-0.25, -0.2) is 0 Å². The third kappa shape index (κ3) is 2.66. The Morgan fingerprint density at radius 2 is 1.75 bits per heavy atom. The fourth-order valence-corrected chi connectivity index (χ4v) is 1.90. The molecule has 2 aromatic carbocycles. The molecule has 0 unspecified atom stereocenters. The minimum Gasteiger partial charge on any atom is -0.497 e. The van der Waals surface area contributed by atoms with Gasteiger partial charge in [-0.3, -0.25) is 0 Å². The number of nitrogens with zero attached hydrogens (tertiary/aromatic N) is 1. The quantitative estimate of drug-likeness (QED) is 0.388. The zero-order chi connectivity index (χ0) is 14.5. The lowest BCUT2D eigenvalue weighted by molar-refractivity contribution is 0.319. The van der Waals surface area contributed by atoms with E-state index in [1.54, 1.807) is 56.7 Å². The van der Waals surface area contributed by atoms with Crippen LogP contribution in [0.2, 0.25) is 0 Å². The maximum absolute atomic E-state index is 9.32. The van der Waals surface area contributed by atoms with E-state index in [9.17, 15) is 5.21 Å². The van der Waals surface area contributed by atoms with Crippen molar-refractivity contribution in [1.82, 2.24) is 0 Å². The summed E-state index contributed by atoms with van der Waals surface area (Å²) in [6, 6.07) is 12.4. The van der Waals surface area contributed by atoms with E-state index < -0.39 is 0 Å². The van der Waals surface area contributed by atoms with Gasteiger partial charge in [-0.1, -0.05) is 17.3 Å². The lowest BCUT2D eigenvalue weighted by atomic mass is 10.0. The van der Waals surface area contributed by atoms with Crippen molar-refractivity contribution >= 4 is 11.4 Å². The van der Waals surface area contributed by atoms with Crippen molar-refractivity contribution in [2.45, 2.75) is 0 Å². The Morgan fingerprint density at radius 1 is 1.05 bits per heavy atom. The molecule has 0 fully saturated rings. The van der Waals surface area contributed by atoms with Crippen LogP contribution >= 0.6 is 0 Å². The number of benzene rings is 2. The Morgan fingerprint density at radius 3 is 2.30 bits per heavy atom. The van der Waals surface area contributed by atoms with Crippen LogP contribution in [-0.4, -0.2) is 25.1 Å². The van der Waals surface area contributed by atoms with Gasteiger partial charge in [0.05, 0.1) is 14.2 Å². The highest BCUT2D eigenvalue weighted by molar-refractivity contribution is 6.14. The monoisotopic (exact) mass is 272 g/mol. The van der Waals surface area contributed by atoms with Gasteiger partial charge in [-0.05, 0) is 24.3 Å². The first-order chi connectivity index (χ1) is 9.69. The van der Waals surface area contributed by atoms with Crippen LogP contribution in [0.1, 0.15) is 11.1 Å². The van der Waals surface area contributed by atoms with Gasteiger partial charge in [0, 0.05) is 22.9 Å². The van der Waals surface area contributed by atoms with Crippen molar-refractivity contribution in [2.75, 3.05) is 20.0 Å². The summed E-state index contributed by atoms with van der Waals surface area (Å²) in [5.74, 6) is 1.23. The molecular weight excluding hydrogens is 256 g/mol. The van der Waals surface area contributed by atoms with Crippen molar-refractivity contribution < 1.29 is 14.7 Å². The summed E-state index contributed by atoms with van der Waals surface area (Å²) < 4.78 is 10.5. The third-order valence-electron chi connectivity index (χ3n) is 2.95. The van der Waals surface area contributed by atoms with E-state index in [1.165, 1.54) is 0 Å². The molecule has 2 rings (SSSR count). The molecule has 0 bridgehead atoms. The van der Waals surface area contributed by atoms with Crippen molar-refractivity contribution in [1.29, 1.82) is 0 Å². The van der Waals surface area contributed by atoms with Gasteiger partial charge in [0.2, 0.25) is 0 Å². The van der Waals surface area contributed by atoms with Crippen LogP contribution in [0.5, 0.6) is 11.5 Å². The van der Waals surface area contributed by atoms with Crippen LogP contribution in [0, 0.1) is 0 Å². The predicted molar refractivity (Wildman–Crippen MR) is 77.8 cm³/mol. The van der Waals surface area contributed by atoms with Crippen LogP contribution in [-0.2, 0) is 0 Å². The van der Waals surface area contributed by atoms with E-state index in [1.807, 2.05) is 0 Å². The molecular formula is C15H16N2O3. The minimum atomic E-state index is 0.407. The molecule has 0 heterocycles. The summed E-state index contributed by atoms with van der Waals surface area (Å²) in [5, 5.41) is 12.7. The van der Waals surface area contributed by atoms with Gasteiger partial charge in [-0.15, -0.1) is 0 Å². The Balaban J connectivity index is 2.49. The number of ether oxygens (including phenoxy) is 2. The second kappa shape index (κ2) is 5.97. The second-order valence-corrected chi connectivity index (χ2v) is 4.14. The summed E-state index contributed by atoms with van der Waals surface area (Å²) in [6.07, 6.45) is 0. The number of oxime groups is 1. The molecule has 0 saturated heterocycles. The first kappa shape index (κ1) is 13.7. The van der Waals surface area contributed by atoms with Crippen LogP contribution in [0.4, 0.5) is 5.69 Å². The van der Waals surface area contributed by atoms with E-state index in [0.29, 0.717) is 28.5 Å². The molecule has 2 aromatic rings. The number of methoxy groups -OCH3 is 2. The summed E-state index contributed by atoms with van der Waals surface area (Å²) in [7, 11) is 3.13. The topological polar surface area (TPSA) is 77.1 Å². The Hall–Kier alpha value is -2.69. The van der Waals surface area contributed by atoms with E-state index in [-0.39, 0.29) is 0 Å². The second-order valence-electron chi connectivity index (χ2n) is 4.14. The van der Waals surface area contributed by atoms with Gasteiger partial charge >= 0.3 is 0 Å². The molecule has 3 N–H and O–H groups in total. The maximum Gasteiger partial charge on any atom is 0.132 e. The van der Waals surface area contributed by atoms with Crippen molar-refractivity contribution in [3.05, 3.63) is 53.6 Å². The standard InChI is InChI=1S/C15H16N2O3/c1-19-12-7-8-13(14(9-12)20-2)15(17-18)10-3-5-11(16)6-4-10/h3-9,18H,16H2,1-2H3/b17-15+. The Labute approximate surface area is 117 Å². The van der Waals surface area contributed by atoms with Gasteiger partial charge < -0.3 is 20.4 Å². The summed E-state index contributed by atoms with van der Waals surface area (Å²) in [6.45, 7) is 0. The molecule has 0 aliphatic carbocycles. The van der Waals surface area contributed by atoms with Crippen LogP contribution in [0.25, 0.3) is 0 Å². The van der Waals surface area contributed by atoms with Gasteiger partial charge in [0.1, 0.15) is 17.2 Å². The average Bonchev–Trinajstić information content (AvgIpc) is 2.50. The molecule has 0 radical (unpaired) electrons. The zero-order valence-electron chi connectivity index (χ0n) is 11.3. The SMILES string of the molecule is COc1ccc(/C(=N/O)c2ccc(N)cc2)c(OC)c1. The van der Waals surface area contributed by atoms with Crippen molar-refractivity contribution in [3.63, 3.8) is 0 Å². The molecule has 5 nitrogen and oxygen atoms in total. The fourth-order valence-electron chi connectivity index (χ4n) is 1.90. The van der Waals surface area contributed by atoms with E-state index in [4.69, 9.17) is 15.2 Å².